The maximum Gasteiger partial charge on any atom is 0.250 e. The van der Waals surface area contributed by atoms with E-state index in [9.17, 15) is 19.0 Å². The molecule has 1 rings (SSSR count). The minimum Gasteiger partial charge on any atom is -0.390 e. The molecule has 0 bridgehead atoms. The first-order valence-corrected chi connectivity index (χ1v) is 4.61. The van der Waals surface area contributed by atoms with Crippen LogP contribution in [-0.2, 0) is 0 Å². The van der Waals surface area contributed by atoms with Gasteiger partial charge in [-0.15, -0.1) is 0 Å². The number of hydrogen-bond donors (Lipinski definition) is 2. The Kier molecular flexibility index (Phi) is 2.92. The molecule has 4 atom stereocenters. The summed E-state index contributed by atoms with van der Waals surface area (Å²) in [5, 5.41) is 18.8. The van der Waals surface area contributed by atoms with E-state index in [2.05, 4.69) is 0 Å². The van der Waals surface area contributed by atoms with Gasteiger partial charge in [-0.25, -0.2) is 8.78 Å². The van der Waals surface area contributed by atoms with Gasteiger partial charge in [0.1, 0.15) is 0 Å². The second-order valence-electron chi connectivity index (χ2n) is 3.95. The molecule has 1 fully saturated rings. The van der Waals surface area contributed by atoms with Gasteiger partial charge in [-0.2, -0.15) is 0 Å². The molecule has 0 amide bonds. The smallest absolute Gasteiger partial charge is 0.250 e. The fourth-order valence-corrected chi connectivity index (χ4v) is 2.04. The molecule has 2 N–H and O–H groups in total. The highest BCUT2D eigenvalue weighted by Gasteiger charge is 2.50. The molecule has 0 saturated heterocycles. The molecule has 2 nitrogen and oxygen atoms in total. The van der Waals surface area contributed by atoms with E-state index in [0.717, 1.165) is 6.92 Å². The third kappa shape index (κ3) is 1.99. The molecule has 78 valence electrons. The largest absolute Gasteiger partial charge is 0.390 e. The molecule has 13 heavy (non-hydrogen) atoms. The van der Waals surface area contributed by atoms with Crippen LogP contribution in [0.15, 0.2) is 0 Å². The van der Waals surface area contributed by atoms with Crippen LogP contribution in [0.2, 0.25) is 0 Å². The Balaban J connectivity index is 2.71. The van der Waals surface area contributed by atoms with Crippen molar-refractivity contribution < 1.29 is 19.0 Å². The summed E-state index contributed by atoms with van der Waals surface area (Å²) in [5.41, 5.74) is 0. The van der Waals surface area contributed by atoms with Gasteiger partial charge in [-0.05, 0) is 19.3 Å². The van der Waals surface area contributed by atoms with Crippen molar-refractivity contribution in [2.45, 2.75) is 44.8 Å². The Morgan fingerprint density at radius 1 is 1.31 bits per heavy atom. The predicted octanol–water partition coefficient (Wildman–Crippen LogP) is 1.41. The van der Waals surface area contributed by atoms with E-state index in [0.29, 0.717) is 6.42 Å². The summed E-state index contributed by atoms with van der Waals surface area (Å²) in [6, 6.07) is 0. The van der Waals surface area contributed by atoms with Crippen molar-refractivity contribution in [3.05, 3.63) is 0 Å². The van der Waals surface area contributed by atoms with Crippen molar-refractivity contribution in [3.63, 3.8) is 0 Å². The number of rotatable bonds is 2. The van der Waals surface area contributed by atoms with E-state index in [1.807, 2.05) is 6.92 Å². The molecular formula is C9H16F2O2. The fourth-order valence-electron chi connectivity index (χ4n) is 2.04. The summed E-state index contributed by atoms with van der Waals surface area (Å²) in [5.74, 6) is -4.18. The molecule has 1 aliphatic rings. The zero-order valence-electron chi connectivity index (χ0n) is 7.87. The molecule has 0 aromatic carbocycles. The molecule has 0 radical (unpaired) electrons. The molecule has 4 unspecified atom stereocenters. The van der Waals surface area contributed by atoms with Crippen LogP contribution in [0.3, 0.4) is 0 Å². The van der Waals surface area contributed by atoms with Crippen LogP contribution in [0.1, 0.15) is 26.7 Å². The van der Waals surface area contributed by atoms with E-state index in [4.69, 9.17) is 0 Å². The molecule has 0 aromatic heterocycles. The van der Waals surface area contributed by atoms with Crippen LogP contribution in [0.4, 0.5) is 8.78 Å². The summed E-state index contributed by atoms with van der Waals surface area (Å²) in [4.78, 5) is 0. The molecule has 0 aromatic rings. The van der Waals surface area contributed by atoms with Crippen LogP contribution in [-0.4, -0.2) is 28.3 Å². The van der Waals surface area contributed by atoms with Gasteiger partial charge in [0.15, 0.2) is 0 Å². The van der Waals surface area contributed by atoms with Gasteiger partial charge in [0.25, 0.3) is 5.92 Å². The van der Waals surface area contributed by atoms with E-state index >= 15 is 0 Å². The van der Waals surface area contributed by atoms with E-state index in [1.54, 1.807) is 0 Å². The van der Waals surface area contributed by atoms with Crippen molar-refractivity contribution >= 4 is 0 Å². The highest BCUT2D eigenvalue weighted by atomic mass is 19.3. The zero-order chi connectivity index (χ0) is 10.2. The van der Waals surface area contributed by atoms with Gasteiger partial charge in [0.05, 0.1) is 18.1 Å². The van der Waals surface area contributed by atoms with Crippen LogP contribution in [0.25, 0.3) is 0 Å². The van der Waals surface area contributed by atoms with Gasteiger partial charge in [0.2, 0.25) is 0 Å². The lowest BCUT2D eigenvalue weighted by molar-refractivity contribution is -0.0956. The van der Waals surface area contributed by atoms with Crippen molar-refractivity contribution in [2.24, 2.45) is 11.8 Å². The minimum atomic E-state index is -2.90. The van der Waals surface area contributed by atoms with Crippen LogP contribution in [0, 0.1) is 11.8 Å². The topological polar surface area (TPSA) is 40.5 Å². The van der Waals surface area contributed by atoms with Crippen molar-refractivity contribution in [1.82, 2.24) is 0 Å². The lowest BCUT2D eigenvalue weighted by Crippen LogP contribution is -2.35. The third-order valence-electron chi connectivity index (χ3n) is 2.98. The molecule has 4 heteroatoms. The summed E-state index contributed by atoms with van der Waals surface area (Å²) in [6.45, 7) is 2.63. The summed E-state index contributed by atoms with van der Waals surface area (Å²) < 4.78 is 25.8. The molecule has 0 aliphatic heterocycles. The van der Waals surface area contributed by atoms with Crippen molar-refractivity contribution in [1.29, 1.82) is 0 Å². The first-order valence-electron chi connectivity index (χ1n) is 4.61. The Bertz CT molecular complexity index is 179. The lowest BCUT2D eigenvalue weighted by atomic mass is 9.97. The molecule has 0 heterocycles. The second-order valence-corrected chi connectivity index (χ2v) is 3.95. The summed E-state index contributed by atoms with van der Waals surface area (Å²) >= 11 is 0. The van der Waals surface area contributed by atoms with Gasteiger partial charge < -0.3 is 10.2 Å². The standard InChI is InChI=1S/C9H16F2O2/c1-3-5-4-6(9(2,10)11)8(13)7(5)12/h5-8,12-13H,3-4H2,1-2H3. The van der Waals surface area contributed by atoms with Crippen LogP contribution in [0.5, 0.6) is 0 Å². The Labute approximate surface area is 76.6 Å². The van der Waals surface area contributed by atoms with Crippen LogP contribution >= 0.6 is 0 Å². The molecule has 1 aliphatic carbocycles. The number of halogens is 2. The number of aliphatic hydroxyl groups excluding tert-OH is 2. The highest BCUT2D eigenvalue weighted by Crippen LogP contribution is 2.42. The average molecular weight is 194 g/mol. The summed E-state index contributed by atoms with van der Waals surface area (Å²) in [7, 11) is 0. The Morgan fingerprint density at radius 3 is 2.08 bits per heavy atom. The quantitative estimate of drug-likeness (QED) is 0.697. The average Bonchev–Trinajstić information content (AvgIpc) is 2.28. The SMILES string of the molecule is CCC1CC(C(C)(F)F)C(O)C1O. The van der Waals surface area contributed by atoms with Gasteiger partial charge in [-0.3, -0.25) is 0 Å². The van der Waals surface area contributed by atoms with Crippen molar-refractivity contribution in [3.8, 4) is 0 Å². The van der Waals surface area contributed by atoms with E-state index in [-0.39, 0.29) is 12.3 Å². The number of hydrogen-bond acceptors (Lipinski definition) is 2. The summed E-state index contributed by atoms with van der Waals surface area (Å²) in [6.07, 6.45) is -1.42. The molecule has 1 saturated carbocycles. The fraction of sp³-hybridized carbons (Fsp3) is 1.00. The van der Waals surface area contributed by atoms with E-state index < -0.39 is 24.0 Å². The van der Waals surface area contributed by atoms with Gasteiger partial charge in [-0.1, -0.05) is 13.3 Å². The molecule has 0 spiro atoms. The van der Waals surface area contributed by atoms with E-state index in [1.165, 1.54) is 0 Å². The monoisotopic (exact) mass is 194 g/mol. The number of alkyl halides is 2. The maximum absolute atomic E-state index is 12.9. The predicted molar refractivity (Wildman–Crippen MR) is 44.5 cm³/mol. The lowest BCUT2D eigenvalue weighted by Gasteiger charge is -2.22. The second kappa shape index (κ2) is 3.50. The normalized spacial score (nSPS) is 41.1. The maximum atomic E-state index is 12.9. The Hall–Kier alpha value is -0.220. The zero-order valence-corrected chi connectivity index (χ0v) is 7.87. The first-order chi connectivity index (χ1) is 5.88. The molecular weight excluding hydrogens is 178 g/mol. The van der Waals surface area contributed by atoms with Gasteiger partial charge >= 0.3 is 0 Å². The van der Waals surface area contributed by atoms with Crippen molar-refractivity contribution in [2.75, 3.05) is 0 Å². The van der Waals surface area contributed by atoms with Gasteiger partial charge in [0, 0.05) is 0 Å². The Morgan fingerprint density at radius 2 is 1.85 bits per heavy atom. The highest BCUT2D eigenvalue weighted by molar-refractivity contribution is 4.95. The first kappa shape index (κ1) is 10.9. The third-order valence-corrected chi connectivity index (χ3v) is 2.98. The van der Waals surface area contributed by atoms with Crippen LogP contribution < -0.4 is 0 Å². The minimum absolute atomic E-state index is 0.189. The number of aliphatic hydroxyl groups is 2.